The largest absolute Gasteiger partial charge is 0.497 e. The number of benzene rings is 2. The minimum atomic E-state index is -0.0818. The number of halogens is 1. The van der Waals surface area contributed by atoms with Gasteiger partial charge >= 0.3 is 0 Å². The van der Waals surface area contributed by atoms with Gasteiger partial charge in [0.25, 0.3) is 5.91 Å². The molecule has 0 spiro atoms. The van der Waals surface area contributed by atoms with E-state index in [0.29, 0.717) is 12.1 Å². The van der Waals surface area contributed by atoms with Crippen molar-refractivity contribution in [3.05, 3.63) is 64.7 Å². The molecule has 3 nitrogen and oxygen atoms in total. The zero-order valence-electron chi connectivity index (χ0n) is 11.2. The zero-order chi connectivity index (χ0) is 14.4. The van der Waals surface area contributed by atoms with Gasteiger partial charge in [-0.2, -0.15) is 0 Å². The minimum absolute atomic E-state index is 0.0818. The Morgan fingerprint density at radius 2 is 1.75 bits per heavy atom. The first kappa shape index (κ1) is 14.4. The van der Waals surface area contributed by atoms with Crippen molar-refractivity contribution in [1.82, 2.24) is 5.32 Å². The van der Waals surface area contributed by atoms with E-state index in [-0.39, 0.29) is 5.91 Å². The van der Waals surface area contributed by atoms with Crippen LogP contribution in [0.25, 0.3) is 0 Å². The molecule has 2 rings (SSSR count). The van der Waals surface area contributed by atoms with Gasteiger partial charge < -0.3 is 10.1 Å². The number of rotatable bonds is 5. The van der Waals surface area contributed by atoms with Crippen LogP contribution in [0.4, 0.5) is 0 Å². The Kier molecular flexibility index (Phi) is 5.02. The van der Waals surface area contributed by atoms with Gasteiger partial charge in [-0.3, -0.25) is 4.79 Å². The van der Waals surface area contributed by atoms with E-state index in [4.69, 9.17) is 16.3 Å². The van der Waals surface area contributed by atoms with Crippen molar-refractivity contribution in [2.24, 2.45) is 0 Å². The van der Waals surface area contributed by atoms with Crippen LogP contribution in [0.1, 0.15) is 15.9 Å². The van der Waals surface area contributed by atoms with Gasteiger partial charge in [0.05, 0.1) is 7.11 Å². The molecule has 0 radical (unpaired) electrons. The Labute approximate surface area is 123 Å². The number of carbonyl (C=O) groups excluding carboxylic acids is 1. The summed E-state index contributed by atoms with van der Waals surface area (Å²) in [7, 11) is 1.60. The van der Waals surface area contributed by atoms with Crippen molar-refractivity contribution in [2.45, 2.75) is 6.42 Å². The number of methoxy groups -OCH3 is 1. The molecule has 1 amide bonds. The van der Waals surface area contributed by atoms with E-state index in [0.717, 1.165) is 22.8 Å². The second-order valence-electron chi connectivity index (χ2n) is 4.36. The predicted molar refractivity (Wildman–Crippen MR) is 80.5 cm³/mol. The van der Waals surface area contributed by atoms with Crippen molar-refractivity contribution in [1.29, 1.82) is 0 Å². The van der Waals surface area contributed by atoms with Crippen LogP contribution in [-0.2, 0) is 6.42 Å². The van der Waals surface area contributed by atoms with Crippen molar-refractivity contribution >= 4 is 17.5 Å². The van der Waals surface area contributed by atoms with E-state index in [2.05, 4.69) is 5.32 Å². The lowest BCUT2D eigenvalue weighted by molar-refractivity contribution is 0.0954. The molecule has 0 aromatic heterocycles. The summed E-state index contributed by atoms with van der Waals surface area (Å²) in [5.41, 5.74) is 1.77. The van der Waals surface area contributed by atoms with Crippen LogP contribution in [0.15, 0.2) is 48.5 Å². The molecule has 0 atom stereocenters. The maximum atomic E-state index is 11.9. The number of hydrogen-bond donors (Lipinski definition) is 1. The van der Waals surface area contributed by atoms with E-state index in [9.17, 15) is 4.79 Å². The smallest absolute Gasteiger partial charge is 0.251 e. The molecular weight excluding hydrogens is 274 g/mol. The van der Waals surface area contributed by atoms with Crippen LogP contribution in [-0.4, -0.2) is 19.6 Å². The fourth-order valence-corrected chi connectivity index (χ4v) is 1.94. The molecule has 0 bridgehead atoms. The van der Waals surface area contributed by atoms with Gasteiger partial charge in [-0.1, -0.05) is 23.7 Å². The molecule has 4 heteroatoms. The molecule has 0 fully saturated rings. The van der Waals surface area contributed by atoms with Gasteiger partial charge in [0, 0.05) is 17.1 Å². The molecule has 104 valence electrons. The van der Waals surface area contributed by atoms with Crippen LogP contribution in [0.3, 0.4) is 0 Å². The number of carbonyl (C=O) groups is 1. The van der Waals surface area contributed by atoms with Crippen LogP contribution >= 0.6 is 11.6 Å². The molecule has 2 aromatic carbocycles. The highest BCUT2D eigenvalue weighted by atomic mass is 35.5. The normalized spacial score (nSPS) is 10.1. The van der Waals surface area contributed by atoms with E-state index in [1.165, 1.54) is 0 Å². The fourth-order valence-electron chi connectivity index (χ4n) is 1.82. The average Bonchev–Trinajstić information content (AvgIpc) is 2.49. The molecule has 2 aromatic rings. The molecule has 0 unspecified atom stereocenters. The summed E-state index contributed by atoms with van der Waals surface area (Å²) in [4.78, 5) is 11.9. The lowest BCUT2D eigenvalue weighted by Crippen LogP contribution is -2.25. The van der Waals surface area contributed by atoms with E-state index < -0.39 is 0 Å². The molecule has 0 saturated heterocycles. The van der Waals surface area contributed by atoms with Crippen molar-refractivity contribution in [2.75, 3.05) is 13.7 Å². The van der Waals surface area contributed by atoms with Gasteiger partial charge in [0.2, 0.25) is 0 Å². The Morgan fingerprint density at radius 1 is 1.10 bits per heavy atom. The maximum absolute atomic E-state index is 11.9. The van der Waals surface area contributed by atoms with Crippen molar-refractivity contribution in [3.8, 4) is 5.75 Å². The lowest BCUT2D eigenvalue weighted by Gasteiger charge is -2.06. The molecule has 1 N–H and O–H groups in total. The zero-order valence-corrected chi connectivity index (χ0v) is 12.0. The fraction of sp³-hybridized carbons (Fsp3) is 0.188. The molecule has 0 heterocycles. The molecule has 0 aliphatic heterocycles. The standard InChI is InChI=1S/C16H16ClNO2/c1-20-15-8-4-13(5-9-15)16(19)18-11-10-12-2-6-14(17)7-3-12/h2-9H,10-11H2,1H3,(H,18,19). The van der Waals surface area contributed by atoms with Crippen LogP contribution in [0.2, 0.25) is 5.02 Å². The third kappa shape index (κ3) is 4.00. The van der Waals surface area contributed by atoms with E-state index >= 15 is 0 Å². The Balaban J connectivity index is 1.83. The average molecular weight is 290 g/mol. The first-order valence-electron chi connectivity index (χ1n) is 6.36. The summed E-state index contributed by atoms with van der Waals surface area (Å²) < 4.78 is 5.06. The van der Waals surface area contributed by atoms with Crippen LogP contribution in [0, 0.1) is 0 Å². The summed E-state index contributed by atoms with van der Waals surface area (Å²) >= 11 is 5.82. The molecule has 20 heavy (non-hydrogen) atoms. The number of ether oxygens (including phenoxy) is 1. The van der Waals surface area contributed by atoms with Crippen molar-refractivity contribution in [3.63, 3.8) is 0 Å². The van der Waals surface area contributed by atoms with E-state index in [1.807, 2.05) is 24.3 Å². The maximum Gasteiger partial charge on any atom is 0.251 e. The van der Waals surface area contributed by atoms with Crippen LogP contribution in [0.5, 0.6) is 5.75 Å². The summed E-state index contributed by atoms with van der Waals surface area (Å²) in [6, 6.07) is 14.7. The second kappa shape index (κ2) is 6.96. The number of nitrogens with one attached hydrogen (secondary N) is 1. The molecule has 0 aliphatic rings. The van der Waals surface area contributed by atoms with Gasteiger partial charge in [-0.25, -0.2) is 0 Å². The summed E-state index contributed by atoms with van der Waals surface area (Å²) in [5, 5.41) is 3.61. The summed E-state index contributed by atoms with van der Waals surface area (Å²) in [6.07, 6.45) is 0.777. The highest BCUT2D eigenvalue weighted by Gasteiger charge is 2.04. The molecule has 0 saturated carbocycles. The van der Waals surface area contributed by atoms with Crippen molar-refractivity contribution < 1.29 is 9.53 Å². The Hall–Kier alpha value is -2.00. The third-order valence-corrected chi connectivity index (χ3v) is 3.22. The topological polar surface area (TPSA) is 38.3 Å². The van der Waals surface area contributed by atoms with Gasteiger partial charge in [0.15, 0.2) is 0 Å². The van der Waals surface area contributed by atoms with Gasteiger partial charge in [0.1, 0.15) is 5.75 Å². The first-order valence-corrected chi connectivity index (χ1v) is 6.73. The first-order chi connectivity index (χ1) is 9.69. The lowest BCUT2D eigenvalue weighted by atomic mass is 10.1. The summed E-state index contributed by atoms with van der Waals surface area (Å²) in [6.45, 7) is 0.590. The second-order valence-corrected chi connectivity index (χ2v) is 4.80. The third-order valence-electron chi connectivity index (χ3n) is 2.96. The quantitative estimate of drug-likeness (QED) is 0.917. The molecule has 0 aliphatic carbocycles. The highest BCUT2D eigenvalue weighted by Crippen LogP contribution is 2.11. The summed E-state index contributed by atoms with van der Waals surface area (Å²) in [5.74, 6) is 0.657. The monoisotopic (exact) mass is 289 g/mol. The minimum Gasteiger partial charge on any atom is -0.497 e. The number of amides is 1. The SMILES string of the molecule is COc1ccc(C(=O)NCCc2ccc(Cl)cc2)cc1. The van der Waals surface area contributed by atoms with Gasteiger partial charge in [-0.05, 0) is 48.4 Å². The van der Waals surface area contributed by atoms with E-state index in [1.54, 1.807) is 31.4 Å². The highest BCUT2D eigenvalue weighted by molar-refractivity contribution is 6.30. The molecular formula is C16H16ClNO2. The van der Waals surface area contributed by atoms with Crippen LogP contribution < -0.4 is 10.1 Å². The number of hydrogen-bond acceptors (Lipinski definition) is 2. The Morgan fingerprint density at radius 3 is 2.35 bits per heavy atom. The van der Waals surface area contributed by atoms with Gasteiger partial charge in [-0.15, -0.1) is 0 Å². The predicted octanol–water partition coefficient (Wildman–Crippen LogP) is 3.32. The Bertz CT molecular complexity index is 564.